The molecule has 1 saturated heterocycles. The molecule has 1 aliphatic rings. The van der Waals surface area contributed by atoms with Crippen LogP contribution in [0.4, 0.5) is 0 Å². The van der Waals surface area contributed by atoms with Crippen molar-refractivity contribution in [2.24, 2.45) is 10.8 Å². The number of carbonyl (C=O) groups excluding carboxylic acids is 2. The topological polar surface area (TPSA) is 71.1 Å². The molecule has 0 bridgehead atoms. The third-order valence-corrected chi connectivity index (χ3v) is 6.14. The first-order valence-electron chi connectivity index (χ1n) is 12.7. The Labute approximate surface area is 206 Å². The molecule has 6 heteroatoms. The summed E-state index contributed by atoms with van der Waals surface area (Å²) < 4.78 is 22.4. The van der Waals surface area contributed by atoms with Gasteiger partial charge in [-0.2, -0.15) is 0 Å². The summed E-state index contributed by atoms with van der Waals surface area (Å²) in [4.78, 5) is 25.9. The molecule has 0 aliphatic carbocycles. The second-order valence-corrected chi connectivity index (χ2v) is 9.52. The standard InChI is InChI=1S/C28H46O6/c1-7-11-12-16-20-28(24(29)31-9-3,25(30)32-10-4)21-17-14-13-15-19-27(18-8-2)22-33-26(5,6)34-23-27/h8,12-13,15-16H,2,7,9-11,14,17-23H2,1,3-6H3/b15-13+,16-12-. The maximum atomic E-state index is 12.9. The van der Waals surface area contributed by atoms with Crippen molar-refractivity contribution in [3.8, 4) is 0 Å². The zero-order valence-corrected chi connectivity index (χ0v) is 22.0. The normalized spacial score (nSPS) is 17.7. The fourth-order valence-electron chi connectivity index (χ4n) is 4.00. The number of unbranched alkanes of at least 4 members (excludes halogenated alkanes) is 2. The van der Waals surface area contributed by atoms with E-state index in [2.05, 4.69) is 25.7 Å². The first-order valence-corrected chi connectivity index (χ1v) is 12.7. The van der Waals surface area contributed by atoms with Crippen LogP contribution < -0.4 is 0 Å². The Bertz CT molecular complexity index is 663. The van der Waals surface area contributed by atoms with E-state index in [1.807, 2.05) is 32.1 Å². The van der Waals surface area contributed by atoms with Gasteiger partial charge in [-0.25, -0.2) is 0 Å². The van der Waals surface area contributed by atoms with Crippen LogP contribution in [0, 0.1) is 10.8 Å². The second kappa shape index (κ2) is 15.2. The highest BCUT2D eigenvalue weighted by Crippen LogP contribution is 2.37. The Morgan fingerprint density at radius 3 is 2.03 bits per heavy atom. The highest BCUT2D eigenvalue weighted by atomic mass is 16.7. The number of hydrogen-bond acceptors (Lipinski definition) is 6. The van der Waals surface area contributed by atoms with Crippen LogP contribution in [0.1, 0.15) is 86.0 Å². The molecule has 1 rings (SSSR count). The van der Waals surface area contributed by atoms with E-state index in [9.17, 15) is 9.59 Å². The number of esters is 2. The number of carbonyl (C=O) groups is 2. The molecule has 194 valence electrons. The lowest BCUT2D eigenvalue weighted by atomic mass is 9.79. The van der Waals surface area contributed by atoms with Crippen molar-refractivity contribution in [3.05, 3.63) is 37.0 Å². The smallest absolute Gasteiger partial charge is 0.323 e. The maximum absolute atomic E-state index is 12.9. The first-order chi connectivity index (χ1) is 16.2. The lowest BCUT2D eigenvalue weighted by molar-refractivity contribution is -0.284. The number of hydrogen-bond donors (Lipinski definition) is 0. The largest absolute Gasteiger partial charge is 0.465 e. The number of ether oxygens (including phenoxy) is 4. The van der Waals surface area contributed by atoms with Crippen LogP contribution in [0.2, 0.25) is 0 Å². The third kappa shape index (κ3) is 9.38. The van der Waals surface area contributed by atoms with E-state index in [0.717, 1.165) is 32.1 Å². The zero-order chi connectivity index (χ0) is 25.5. The SMILES string of the molecule is C=CCC1(C/C=C/CCCC(C/C=C\CCC)(C(=O)OCC)C(=O)OCC)COC(C)(C)OC1. The Morgan fingerprint density at radius 1 is 0.912 bits per heavy atom. The Hall–Kier alpha value is -1.92. The van der Waals surface area contributed by atoms with Gasteiger partial charge < -0.3 is 18.9 Å². The minimum atomic E-state index is -1.30. The second-order valence-electron chi connectivity index (χ2n) is 9.52. The third-order valence-electron chi connectivity index (χ3n) is 6.14. The van der Waals surface area contributed by atoms with Gasteiger partial charge >= 0.3 is 11.9 Å². The summed E-state index contributed by atoms with van der Waals surface area (Å²) in [5.74, 6) is -1.55. The maximum Gasteiger partial charge on any atom is 0.323 e. The van der Waals surface area contributed by atoms with Gasteiger partial charge in [0.1, 0.15) is 0 Å². The predicted molar refractivity (Wildman–Crippen MR) is 135 cm³/mol. The van der Waals surface area contributed by atoms with Gasteiger partial charge in [0, 0.05) is 5.41 Å². The monoisotopic (exact) mass is 478 g/mol. The van der Waals surface area contributed by atoms with Gasteiger partial charge in [0.2, 0.25) is 0 Å². The Balaban J connectivity index is 2.82. The summed E-state index contributed by atoms with van der Waals surface area (Å²) in [6.07, 6.45) is 15.7. The summed E-state index contributed by atoms with van der Waals surface area (Å²) in [5, 5.41) is 0. The van der Waals surface area contributed by atoms with Crippen LogP contribution in [-0.4, -0.2) is 44.2 Å². The fourth-order valence-corrected chi connectivity index (χ4v) is 4.00. The van der Waals surface area contributed by atoms with E-state index in [-0.39, 0.29) is 18.6 Å². The average molecular weight is 479 g/mol. The summed E-state index contributed by atoms with van der Waals surface area (Å²) in [7, 11) is 0. The molecular formula is C28H46O6. The molecule has 1 heterocycles. The van der Waals surface area contributed by atoms with Crippen molar-refractivity contribution in [1.82, 2.24) is 0 Å². The molecule has 0 aromatic rings. The molecule has 0 aromatic heterocycles. The van der Waals surface area contributed by atoms with Crippen molar-refractivity contribution in [1.29, 1.82) is 0 Å². The van der Waals surface area contributed by atoms with Gasteiger partial charge in [-0.15, -0.1) is 6.58 Å². The first kappa shape index (κ1) is 30.1. The van der Waals surface area contributed by atoms with Crippen molar-refractivity contribution < 1.29 is 28.5 Å². The predicted octanol–water partition coefficient (Wildman–Crippen LogP) is 6.31. The zero-order valence-electron chi connectivity index (χ0n) is 22.0. The lowest BCUT2D eigenvalue weighted by Gasteiger charge is -2.42. The van der Waals surface area contributed by atoms with Crippen LogP contribution in [-0.2, 0) is 28.5 Å². The molecular weight excluding hydrogens is 432 g/mol. The molecule has 1 fully saturated rings. The fraction of sp³-hybridized carbons (Fsp3) is 0.714. The van der Waals surface area contributed by atoms with Crippen molar-refractivity contribution in [2.45, 2.75) is 91.8 Å². The number of allylic oxidation sites excluding steroid dienone is 5. The summed E-state index contributed by atoms with van der Waals surface area (Å²) in [6.45, 7) is 15.0. The molecule has 0 amide bonds. The highest BCUT2D eigenvalue weighted by molar-refractivity contribution is 6.00. The lowest BCUT2D eigenvalue weighted by Crippen LogP contribution is -2.46. The summed E-state index contributed by atoms with van der Waals surface area (Å²) in [6, 6.07) is 0. The molecule has 34 heavy (non-hydrogen) atoms. The van der Waals surface area contributed by atoms with Crippen LogP contribution in [0.3, 0.4) is 0 Å². The van der Waals surface area contributed by atoms with E-state index >= 15 is 0 Å². The van der Waals surface area contributed by atoms with Gasteiger partial charge in [-0.1, -0.05) is 43.7 Å². The van der Waals surface area contributed by atoms with Crippen LogP contribution >= 0.6 is 0 Å². The molecule has 0 aromatic carbocycles. The minimum absolute atomic E-state index is 0.114. The summed E-state index contributed by atoms with van der Waals surface area (Å²) in [5.41, 5.74) is -1.41. The van der Waals surface area contributed by atoms with Gasteiger partial charge in [0.15, 0.2) is 11.2 Å². The van der Waals surface area contributed by atoms with Crippen LogP contribution in [0.15, 0.2) is 37.0 Å². The van der Waals surface area contributed by atoms with E-state index in [0.29, 0.717) is 32.5 Å². The van der Waals surface area contributed by atoms with Gasteiger partial charge in [-0.05, 0) is 72.6 Å². The molecule has 0 saturated carbocycles. The van der Waals surface area contributed by atoms with Crippen LogP contribution in [0.25, 0.3) is 0 Å². The van der Waals surface area contributed by atoms with Crippen molar-refractivity contribution in [3.63, 3.8) is 0 Å². The molecule has 0 unspecified atom stereocenters. The Morgan fingerprint density at radius 2 is 1.50 bits per heavy atom. The molecule has 0 spiro atoms. The molecule has 0 N–H and O–H groups in total. The quantitative estimate of drug-likeness (QED) is 0.112. The summed E-state index contributed by atoms with van der Waals surface area (Å²) >= 11 is 0. The minimum Gasteiger partial charge on any atom is -0.465 e. The van der Waals surface area contributed by atoms with Gasteiger partial charge in [0.05, 0.1) is 26.4 Å². The van der Waals surface area contributed by atoms with Gasteiger partial charge in [-0.3, -0.25) is 9.59 Å². The van der Waals surface area contributed by atoms with Gasteiger partial charge in [0.25, 0.3) is 0 Å². The van der Waals surface area contributed by atoms with Crippen LogP contribution in [0.5, 0.6) is 0 Å². The molecule has 0 atom stereocenters. The molecule has 0 radical (unpaired) electrons. The average Bonchev–Trinajstić information content (AvgIpc) is 2.80. The molecule has 1 aliphatic heterocycles. The van der Waals surface area contributed by atoms with E-state index in [1.165, 1.54) is 0 Å². The van der Waals surface area contributed by atoms with Crippen molar-refractivity contribution in [2.75, 3.05) is 26.4 Å². The Kier molecular flexibility index (Phi) is 13.4. The number of rotatable bonds is 16. The van der Waals surface area contributed by atoms with Crippen molar-refractivity contribution >= 4 is 11.9 Å². The van der Waals surface area contributed by atoms with E-state index in [1.54, 1.807) is 13.8 Å². The highest BCUT2D eigenvalue weighted by Gasteiger charge is 2.47. The van der Waals surface area contributed by atoms with E-state index < -0.39 is 23.1 Å². The van der Waals surface area contributed by atoms with E-state index in [4.69, 9.17) is 18.9 Å². The molecule has 6 nitrogen and oxygen atoms in total.